The summed E-state index contributed by atoms with van der Waals surface area (Å²) >= 11 is 0. The van der Waals surface area contributed by atoms with Crippen LogP contribution >= 0.6 is 0 Å². The Bertz CT molecular complexity index is 1540. The van der Waals surface area contributed by atoms with Crippen molar-refractivity contribution in [3.63, 3.8) is 0 Å². The molecule has 4 aromatic rings. The van der Waals surface area contributed by atoms with E-state index >= 15 is 4.39 Å². The maximum atomic E-state index is 15.5. The molecule has 0 radical (unpaired) electrons. The van der Waals surface area contributed by atoms with Crippen molar-refractivity contribution in [1.82, 2.24) is 29.0 Å². The summed E-state index contributed by atoms with van der Waals surface area (Å²) in [5, 5.41) is 0.607. The van der Waals surface area contributed by atoms with Gasteiger partial charge in [-0.05, 0) is 46.2 Å². The van der Waals surface area contributed by atoms with E-state index in [0.29, 0.717) is 39.9 Å². The van der Waals surface area contributed by atoms with E-state index in [1.165, 1.54) is 25.3 Å². The molecule has 2 aliphatic heterocycles. The molecule has 1 aromatic carbocycles. The first-order chi connectivity index (χ1) is 17.8. The normalized spacial score (nSPS) is 17.3. The van der Waals surface area contributed by atoms with Gasteiger partial charge in [0.15, 0.2) is 0 Å². The minimum atomic E-state index is -0.653. The Kier molecular flexibility index (Phi) is 5.86. The maximum Gasteiger partial charge on any atom is 0.329 e. The minimum Gasteiger partial charge on any atom is -0.490 e. The Morgan fingerprint density at radius 1 is 1.11 bits per heavy atom. The fourth-order valence-electron chi connectivity index (χ4n) is 5.53. The molecule has 5 heterocycles. The Hall–Kier alpha value is -3.53. The predicted octanol–water partition coefficient (Wildman–Crippen LogP) is 3.87. The average Bonchev–Trinajstić information content (AvgIpc) is 3.08. The van der Waals surface area contributed by atoms with Gasteiger partial charge in [0.25, 0.3) is 0 Å². The van der Waals surface area contributed by atoms with Gasteiger partial charge < -0.3 is 14.4 Å². The van der Waals surface area contributed by atoms with E-state index in [1.807, 2.05) is 13.8 Å². The van der Waals surface area contributed by atoms with Crippen LogP contribution in [0, 0.1) is 5.82 Å². The fraction of sp³-hybridized carbons (Fsp3) is 0.481. The van der Waals surface area contributed by atoms with E-state index in [9.17, 15) is 4.79 Å². The lowest BCUT2D eigenvalue weighted by molar-refractivity contribution is 0.189. The number of hydrogen-bond donors (Lipinski definition) is 0. The molecule has 2 aliphatic rings. The number of rotatable bonds is 6. The molecule has 3 aromatic heterocycles. The number of imidazole rings is 1. The number of ether oxygens (including phenoxy) is 2. The lowest BCUT2D eigenvalue weighted by atomic mass is 10.0. The van der Waals surface area contributed by atoms with Gasteiger partial charge in [-0.25, -0.2) is 19.2 Å². The zero-order valence-corrected chi connectivity index (χ0v) is 21.5. The predicted molar refractivity (Wildman–Crippen MR) is 139 cm³/mol. The van der Waals surface area contributed by atoms with Gasteiger partial charge in [0.2, 0.25) is 0 Å². The van der Waals surface area contributed by atoms with Crippen molar-refractivity contribution in [3.05, 3.63) is 41.0 Å². The van der Waals surface area contributed by atoms with Crippen molar-refractivity contribution in [1.29, 1.82) is 0 Å². The summed E-state index contributed by atoms with van der Waals surface area (Å²) in [4.78, 5) is 28.7. The molecule has 9 nitrogen and oxygen atoms in total. The van der Waals surface area contributed by atoms with Crippen molar-refractivity contribution < 1.29 is 13.9 Å². The zero-order chi connectivity index (χ0) is 25.7. The minimum absolute atomic E-state index is 0.165. The van der Waals surface area contributed by atoms with E-state index in [0.717, 1.165) is 26.1 Å². The molecule has 37 heavy (non-hydrogen) atoms. The third-order valence-electron chi connectivity index (χ3n) is 7.47. The van der Waals surface area contributed by atoms with Gasteiger partial charge in [-0.3, -0.25) is 14.1 Å². The molecule has 0 aliphatic carbocycles. The standard InChI is InChI=1S/C27H31FN6O3/c1-27(2)16-37-24-21(17-13-30-25(31-14-17)36-11-7-10-33-8-5-4-6-9-33)18(28)12-19-22(24)23-20(15-29-19)32(3)26(35)34(23)27/h12-15H,4-11,16H2,1-3H3. The molecule has 0 atom stereocenters. The Balaban J connectivity index is 1.34. The fourth-order valence-corrected chi connectivity index (χ4v) is 5.53. The first kappa shape index (κ1) is 23.8. The maximum absolute atomic E-state index is 15.5. The number of hydrogen-bond acceptors (Lipinski definition) is 7. The lowest BCUT2D eigenvalue weighted by Crippen LogP contribution is -2.40. The summed E-state index contributed by atoms with van der Waals surface area (Å²) < 4.78 is 30.8. The number of piperidine rings is 1. The first-order valence-corrected chi connectivity index (χ1v) is 12.9. The van der Waals surface area contributed by atoms with Crippen LogP contribution in [0.15, 0.2) is 29.5 Å². The van der Waals surface area contributed by atoms with Crippen molar-refractivity contribution in [2.45, 2.75) is 45.1 Å². The second kappa shape index (κ2) is 9.09. The molecule has 194 valence electrons. The van der Waals surface area contributed by atoms with Crippen LogP contribution in [0.3, 0.4) is 0 Å². The molecular formula is C27H31FN6O3. The van der Waals surface area contributed by atoms with Gasteiger partial charge in [-0.1, -0.05) is 6.42 Å². The highest BCUT2D eigenvalue weighted by Crippen LogP contribution is 2.44. The molecule has 0 amide bonds. The van der Waals surface area contributed by atoms with Crippen LogP contribution in [0.2, 0.25) is 0 Å². The molecule has 10 heteroatoms. The number of halogens is 1. The molecule has 0 saturated carbocycles. The second-order valence-corrected chi connectivity index (χ2v) is 10.6. The Labute approximate surface area is 213 Å². The highest BCUT2D eigenvalue weighted by molar-refractivity contribution is 6.09. The summed E-state index contributed by atoms with van der Waals surface area (Å²) in [5.74, 6) is -0.144. The summed E-state index contributed by atoms with van der Waals surface area (Å²) in [6.07, 6.45) is 9.48. The quantitative estimate of drug-likeness (QED) is 0.367. The van der Waals surface area contributed by atoms with Crippen molar-refractivity contribution in [3.8, 4) is 22.9 Å². The monoisotopic (exact) mass is 506 g/mol. The van der Waals surface area contributed by atoms with Crippen LogP contribution in [0.1, 0.15) is 39.5 Å². The smallest absolute Gasteiger partial charge is 0.329 e. The van der Waals surface area contributed by atoms with Crippen molar-refractivity contribution >= 4 is 21.9 Å². The van der Waals surface area contributed by atoms with Gasteiger partial charge in [0, 0.05) is 37.6 Å². The summed E-state index contributed by atoms with van der Waals surface area (Å²) in [6, 6.07) is 1.64. The molecule has 1 fully saturated rings. The molecule has 0 spiro atoms. The molecule has 0 N–H and O–H groups in total. The largest absolute Gasteiger partial charge is 0.490 e. The van der Waals surface area contributed by atoms with Crippen LogP contribution in [0.25, 0.3) is 33.1 Å². The van der Waals surface area contributed by atoms with E-state index in [1.54, 1.807) is 34.8 Å². The highest BCUT2D eigenvalue weighted by Gasteiger charge is 2.34. The number of pyridine rings is 1. The molecule has 6 rings (SSSR count). The third kappa shape index (κ3) is 4.03. The van der Waals surface area contributed by atoms with Crippen LogP contribution in [0.5, 0.6) is 11.8 Å². The van der Waals surface area contributed by atoms with Crippen LogP contribution in [-0.4, -0.2) is 61.8 Å². The summed E-state index contributed by atoms with van der Waals surface area (Å²) in [7, 11) is 1.72. The highest BCUT2D eigenvalue weighted by atomic mass is 19.1. The van der Waals surface area contributed by atoms with Crippen molar-refractivity contribution in [2.75, 3.05) is 32.8 Å². The Morgan fingerprint density at radius 2 is 1.86 bits per heavy atom. The van der Waals surface area contributed by atoms with Crippen LogP contribution in [-0.2, 0) is 12.6 Å². The Morgan fingerprint density at radius 3 is 2.62 bits per heavy atom. The van der Waals surface area contributed by atoms with E-state index in [4.69, 9.17) is 9.47 Å². The number of likely N-dealkylation sites (tertiary alicyclic amines) is 1. The first-order valence-electron chi connectivity index (χ1n) is 12.9. The van der Waals surface area contributed by atoms with Crippen LogP contribution < -0.4 is 15.2 Å². The number of nitrogens with zero attached hydrogens (tertiary/aromatic N) is 6. The SMILES string of the molecule is Cn1c(=O)n2c3c4c(c(-c5cnc(OCCCN6CCCCC6)nc5)c(F)cc4ncc31)OCC2(C)C. The van der Waals surface area contributed by atoms with Gasteiger partial charge in [-0.2, -0.15) is 0 Å². The van der Waals surface area contributed by atoms with Gasteiger partial charge in [0.1, 0.15) is 18.2 Å². The molecule has 1 saturated heterocycles. The van der Waals surface area contributed by atoms with Crippen molar-refractivity contribution in [2.24, 2.45) is 7.05 Å². The van der Waals surface area contributed by atoms with Gasteiger partial charge in [0.05, 0.1) is 45.8 Å². The molecule has 0 unspecified atom stereocenters. The third-order valence-corrected chi connectivity index (χ3v) is 7.47. The number of aryl methyl sites for hydroxylation is 1. The second-order valence-electron chi connectivity index (χ2n) is 10.6. The van der Waals surface area contributed by atoms with E-state index < -0.39 is 11.4 Å². The number of benzene rings is 1. The summed E-state index contributed by atoms with van der Waals surface area (Å²) in [6.45, 7) is 7.90. The zero-order valence-electron chi connectivity index (χ0n) is 21.5. The molecule has 0 bridgehead atoms. The average molecular weight is 507 g/mol. The number of aromatic nitrogens is 5. The topological polar surface area (TPSA) is 87.3 Å². The lowest BCUT2D eigenvalue weighted by Gasteiger charge is -2.26. The van der Waals surface area contributed by atoms with E-state index in [2.05, 4.69) is 19.9 Å². The summed E-state index contributed by atoms with van der Waals surface area (Å²) in [5.41, 5.74) is 1.68. The van der Waals surface area contributed by atoms with Crippen LogP contribution in [0.4, 0.5) is 4.39 Å². The van der Waals surface area contributed by atoms with Gasteiger partial charge >= 0.3 is 11.7 Å². The van der Waals surface area contributed by atoms with E-state index in [-0.39, 0.29) is 23.9 Å². The molecular weight excluding hydrogens is 475 g/mol. The van der Waals surface area contributed by atoms with Gasteiger partial charge in [-0.15, -0.1) is 0 Å².